The predicted molar refractivity (Wildman–Crippen MR) is 88.8 cm³/mol. The average Bonchev–Trinajstić information content (AvgIpc) is 2.81. The van der Waals surface area contributed by atoms with Crippen LogP contribution in [0.4, 0.5) is 0 Å². The van der Waals surface area contributed by atoms with Gasteiger partial charge >= 0.3 is 0 Å². The van der Waals surface area contributed by atoms with Gasteiger partial charge in [-0.15, -0.1) is 11.8 Å². The van der Waals surface area contributed by atoms with Crippen molar-refractivity contribution >= 4 is 27.7 Å². The molecule has 3 heteroatoms. The highest BCUT2D eigenvalue weighted by molar-refractivity contribution is 9.10. The monoisotopic (exact) mass is 341 g/mol. The lowest BCUT2D eigenvalue weighted by molar-refractivity contribution is 0.424. The topological polar surface area (TPSA) is 12.0 Å². The summed E-state index contributed by atoms with van der Waals surface area (Å²) in [5.74, 6) is 0. The highest BCUT2D eigenvalue weighted by Gasteiger charge is 2.17. The molecule has 106 valence electrons. The van der Waals surface area contributed by atoms with E-state index in [9.17, 15) is 0 Å². The lowest BCUT2D eigenvalue weighted by Gasteiger charge is -2.21. The van der Waals surface area contributed by atoms with Gasteiger partial charge in [-0.25, -0.2) is 0 Å². The molecule has 0 amide bonds. The first-order chi connectivity index (χ1) is 8.94. The minimum absolute atomic E-state index is 0.170. The van der Waals surface area contributed by atoms with Crippen molar-refractivity contribution in [1.29, 1.82) is 0 Å². The quantitative estimate of drug-likeness (QED) is 0.789. The summed E-state index contributed by atoms with van der Waals surface area (Å²) in [6, 6.07) is 6.78. The average molecular weight is 342 g/mol. The Bertz CT molecular complexity index is 419. The van der Waals surface area contributed by atoms with Crippen LogP contribution in [0.25, 0.3) is 0 Å². The molecule has 1 aliphatic carbocycles. The van der Waals surface area contributed by atoms with E-state index < -0.39 is 0 Å². The Kier molecular flexibility index (Phi) is 5.38. The van der Waals surface area contributed by atoms with Crippen LogP contribution in [0, 0.1) is 0 Å². The van der Waals surface area contributed by atoms with Crippen molar-refractivity contribution < 1.29 is 0 Å². The second-order valence-corrected chi connectivity index (χ2v) is 8.59. The molecule has 0 aliphatic heterocycles. The third-order valence-electron chi connectivity index (χ3n) is 3.41. The Labute approximate surface area is 130 Å². The van der Waals surface area contributed by atoms with E-state index in [-0.39, 0.29) is 5.54 Å². The van der Waals surface area contributed by atoms with Gasteiger partial charge in [0, 0.05) is 26.7 Å². The van der Waals surface area contributed by atoms with E-state index in [1.54, 1.807) is 0 Å². The molecule has 0 bridgehead atoms. The van der Waals surface area contributed by atoms with Gasteiger partial charge in [0.2, 0.25) is 0 Å². The van der Waals surface area contributed by atoms with Gasteiger partial charge in [-0.2, -0.15) is 0 Å². The molecule has 1 fully saturated rings. The second kappa shape index (κ2) is 6.64. The molecule has 1 aromatic carbocycles. The maximum atomic E-state index is 3.73. The molecular formula is C16H24BrNS. The summed E-state index contributed by atoms with van der Waals surface area (Å²) in [4.78, 5) is 1.39. The zero-order valence-corrected chi connectivity index (χ0v) is 14.5. The molecule has 0 radical (unpaired) electrons. The van der Waals surface area contributed by atoms with Gasteiger partial charge in [0.15, 0.2) is 0 Å². The van der Waals surface area contributed by atoms with E-state index in [0.717, 1.165) is 11.8 Å². The van der Waals surface area contributed by atoms with Crippen LogP contribution >= 0.6 is 27.7 Å². The van der Waals surface area contributed by atoms with Crippen LogP contribution in [0.2, 0.25) is 0 Å². The highest BCUT2D eigenvalue weighted by atomic mass is 79.9. The van der Waals surface area contributed by atoms with Crippen LogP contribution in [0.3, 0.4) is 0 Å². The van der Waals surface area contributed by atoms with Crippen molar-refractivity contribution in [2.24, 2.45) is 0 Å². The predicted octanol–water partition coefficient (Wildman–Crippen LogP) is 5.37. The highest BCUT2D eigenvalue weighted by Crippen LogP contribution is 2.38. The molecule has 0 unspecified atom stereocenters. The molecule has 0 aromatic heterocycles. The summed E-state index contributed by atoms with van der Waals surface area (Å²) in [6.07, 6.45) is 5.57. The zero-order chi connectivity index (χ0) is 13.9. The number of halogens is 1. The van der Waals surface area contributed by atoms with Gasteiger partial charge in [-0.05, 0) is 67.2 Å². The smallest absolute Gasteiger partial charge is 0.0314 e. The standard InChI is InChI=1S/C16H24BrNS/c1-16(2,3)18-11-12-8-9-15(14(17)10-12)19-13-6-4-5-7-13/h8-10,13,18H,4-7,11H2,1-3H3. The van der Waals surface area contributed by atoms with Crippen LogP contribution in [0.15, 0.2) is 27.6 Å². The van der Waals surface area contributed by atoms with Crippen molar-refractivity contribution in [3.63, 3.8) is 0 Å². The fourth-order valence-electron chi connectivity index (χ4n) is 2.30. The van der Waals surface area contributed by atoms with Crippen LogP contribution in [-0.2, 0) is 6.54 Å². The molecule has 1 nitrogen and oxygen atoms in total. The summed E-state index contributed by atoms with van der Waals surface area (Å²) < 4.78 is 1.25. The van der Waals surface area contributed by atoms with E-state index in [0.29, 0.717) is 0 Å². The number of benzene rings is 1. The number of hydrogen-bond acceptors (Lipinski definition) is 2. The molecule has 1 aromatic rings. The van der Waals surface area contributed by atoms with E-state index in [1.807, 2.05) is 11.8 Å². The molecule has 0 saturated heterocycles. The van der Waals surface area contributed by atoms with E-state index in [2.05, 4.69) is 60.2 Å². The molecule has 19 heavy (non-hydrogen) atoms. The first kappa shape index (κ1) is 15.4. The van der Waals surface area contributed by atoms with Gasteiger partial charge in [0.25, 0.3) is 0 Å². The molecule has 0 spiro atoms. The Hall–Kier alpha value is 0.01000. The maximum absolute atomic E-state index is 3.73. The Morgan fingerprint density at radius 3 is 2.53 bits per heavy atom. The Morgan fingerprint density at radius 2 is 1.95 bits per heavy atom. The Balaban J connectivity index is 1.96. The third-order valence-corrected chi connectivity index (χ3v) is 5.75. The van der Waals surface area contributed by atoms with Gasteiger partial charge in [0.1, 0.15) is 0 Å². The van der Waals surface area contributed by atoms with Crippen molar-refractivity contribution in [1.82, 2.24) is 5.32 Å². The number of rotatable bonds is 4. The van der Waals surface area contributed by atoms with Gasteiger partial charge in [-0.3, -0.25) is 0 Å². The Morgan fingerprint density at radius 1 is 1.26 bits per heavy atom. The number of hydrogen-bond donors (Lipinski definition) is 1. The fourth-order valence-corrected chi connectivity index (χ4v) is 4.26. The minimum atomic E-state index is 0.170. The molecule has 0 heterocycles. The van der Waals surface area contributed by atoms with Crippen molar-refractivity contribution in [3.8, 4) is 0 Å². The first-order valence-corrected chi connectivity index (χ1v) is 8.81. The molecule has 2 rings (SSSR count). The summed E-state index contributed by atoms with van der Waals surface area (Å²) >= 11 is 5.77. The summed E-state index contributed by atoms with van der Waals surface area (Å²) in [7, 11) is 0. The number of thioether (sulfide) groups is 1. The molecular weight excluding hydrogens is 318 g/mol. The van der Waals surface area contributed by atoms with Crippen LogP contribution in [0.5, 0.6) is 0 Å². The summed E-state index contributed by atoms with van der Waals surface area (Å²) in [6.45, 7) is 7.53. The minimum Gasteiger partial charge on any atom is -0.308 e. The largest absolute Gasteiger partial charge is 0.308 e. The number of nitrogens with one attached hydrogen (secondary N) is 1. The van der Waals surface area contributed by atoms with Gasteiger partial charge in [-0.1, -0.05) is 18.9 Å². The van der Waals surface area contributed by atoms with E-state index >= 15 is 0 Å². The lowest BCUT2D eigenvalue weighted by Crippen LogP contribution is -2.35. The maximum Gasteiger partial charge on any atom is 0.0314 e. The van der Waals surface area contributed by atoms with Crippen LogP contribution in [-0.4, -0.2) is 10.8 Å². The summed E-state index contributed by atoms with van der Waals surface area (Å²) in [5, 5.41) is 4.36. The van der Waals surface area contributed by atoms with Crippen LogP contribution in [0.1, 0.15) is 52.0 Å². The zero-order valence-electron chi connectivity index (χ0n) is 12.1. The second-order valence-electron chi connectivity index (χ2n) is 6.39. The third kappa shape index (κ3) is 5.13. The van der Waals surface area contributed by atoms with Crippen molar-refractivity contribution in [2.45, 2.75) is 68.7 Å². The first-order valence-electron chi connectivity index (χ1n) is 7.14. The van der Waals surface area contributed by atoms with Gasteiger partial charge in [0.05, 0.1) is 0 Å². The van der Waals surface area contributed by atoms with Gasteiger partial charge < -0.3 is 5.32 Å². The molecule has 1 N–H and O–H groups in total. The van der Waals surface area contributed by atoms with Crippen molar-refractivity contribution in [2.75, 3.05) is 0 Å². The normalized spacial score (nSPS) is 17.1. The molecule has 1 saturated carbocycles. The molecule has 1 aliphatic rings. The van der Waals surface area contributed by atoms with Crippen LogP contribution < -0.4 is 5.32 Å². The fraction of sp³-hybridized carbons (Fsp3) is 0.625. The van der Waals surface area contributed by atoms with Crippen molar-refractivity contribution in [3.05, 3.63) is 28.2 Å². The SMILES string of the molecule is CC(C)(C)NCc1ccc(SC2CCCC2)c(Br)c1. The lowest BCUT2D eigenvalue weighted by atomic mass is 10.1. The summed E-state index contributed by atoms with van der Waals surface area (Å²) in [5.41, 5.74) is 1.52. The van der Waals surface area contributed by atoms with E-state index in [4.69, 9.17) is 0 Å². The van der Waals surface area contributed by atoms with E-state index in [1.165, 1.54) is 40.6 Å². The molecule has 0 atom stereocenters.